The van der Waals surface area contributed by atoms with E-state index >= 15 is 0 Å². The molecule has 0 aromatic heterocycles. The number of anilines is 1. The Balaban J connectivity index is 2.16. The van der Waals surface area contributed by atoms with E-state index in [-0.39, 0.29) is 5.41 Å². The molecule has 0 bridgehead atoms. The highest BCUT2D eigenvalue weighted by Crippen LogP contribution is 2.36. The molecule has 0 saturated heterocycles. The first kappa shape index (κ1) is 15.4. The molecule has 0 atom stereocenters. The molecular weight excluding hydrogens is 278 g/mol. The molecule has 0 radical (unpaired) electrons. The van der Waals surface area contributed by atoms with Crippen LogP contribution in [0, 0.1) is 0 Å². The van der Waals surface area contributed by atoms with Crippen molar-refractivity contribution >= 4 is 5.69 Å². The van der Waals surface area contributed by atoms with Crippen molar-refractivity contribution in [2.45, 2.75) is 26.2 Å². The van der Waals surface area contributed by atoms with Gasteiger partial charge < -0.3 is 5.73 Å². The first-order valence-electron chi connectivity index (χ1n) is 8.01. The molecule has 3 aromatic carbocycles. The molecule has 0 spiro atoms. The number of rotatable bonds is 2. The van der Waals surface area contributed by atoms with Gasteiger partial charge in [-0.1, -0.05) is 81.4 Å². The van der Waals surface area contributed by atoms with Gasteiger partial charge in [-0.3, -0.25) is 0 Å². The van der Waals surface area contributed by atoms with Crippen LogP contribution in [0.1, 0.15) is 26.3 Å². The van der Waals surface area contributed by atoms with Crippen molar-refractivity contribution in [2.75, 3.05) is 5.73 Å². The summed E-state index contributed by atoms with van der Waals surface area (Å²) in [6, 6.07) is 25.4. The highest BCUT2D eigenvalue weighted by Gasteiger charge is 2.19. The van der Waals surface area contributed by atoms with Gasteiger partial charge in [-0.15, -0.1) is 0 Å². The Morgan fingerprint density at radius 2 is 1.26 bits per heavy atom. The predicted octanol–water partition coefficient (Wildman–Crippen LogP) is 5.90. The maximum absolute atomic E-state index is 5.83. The van der Waals surface area contributed by atoms with Crippen LogP contribution in [0.3, 0.4) is 0 Å². The van der Waals surface area contributed by atoms with Crippen molar-refractivity contribution in [1.29, 1.82) is 0 Å². The lowest BCUT2D eigenvalue weighted by atomic mass is 9.80. The summed E-state index contributed by atoms with van der Waals surface area (Å²) < 4.78 is 0. The second-order valence-corrected chi connectivity index (χ2v) is 7.00. The molecule has 1 nitrogen and oxygen atoms in total. The minimum Gasteiger partial charge on any atom is -0.399 e. The van der Waals surface area contributed by atoms with E-state index in [0.29, 0.717) is 0 Å². The van der Waals surface area contributed by atoms with E-state index in [1.54, 1.807) is 0 Å². The van der Waals surface area contributed by atoms with Crippen molar-refractivity contribution in [1.82, 2.24) is 0 Å². The monoisotopic (exact) mass is 301 g/mol. The van der Waals surface area contributed by atoms with Gasteiger partial charge in [-0.2, -0.15) is 0 Å². The van der Waals surface area contributed by atoms with E-state index in [2.05, 4.69) is 81.4 Å². The Bertz CT molecular complexity index is 794. The summed E-state index contributed by atoms with van der Waals surface area (Å²) in [6.45, 7) is 6.79. The van der Waals surface area contributed by atoms with Gasteiger partial charge >= 0.3 is 0 Å². The summed E-state index contributed by atoms with van der Waals surface area (Å²) in [4.78, 5) is 0. The van der Waals surface area contributed by atoms with Gasteiger partial charge in [-0.05, 0) is 45.4 Å². The summed E-state index contributed by atoms with van der Waals surface area (Å²) in [5, 5.41) is 0. The zero-order valence-electron chi connectivity index (χ0n) is 14.0. The Kier molecular flexibility index (Phi) is 3.96. The summed E-state index contributed by atoms with van der Waals surface area (Å²) in [5.74, 6) is 0. The predicted molar refractivity (Wildman–Crippen MR) is 100 cm³/mol. The molecule has 3 rings (SSSR count). The first-order valence-corrected chi connectivity index (χ1v) is 8.01. The lowest BCUT2D eigenvalue weighted by Crippen LogP contribution is -2.13. The van der Waals surface area contributed by atoms with E-state index in [1.165, 1.54) is 27.8 Å². The van der Waals surface area contributed by atoms with Crippen LogP contribution in [-0.2, 0) is 5.41 Å². The Labute approximate surface area is 138 Å². The fourth-order valence-corrected chi connectivity index (χ4v) is 2.89. The summed E-state index contributed by atoms with van der Waals surface area (Å²) >= 11 is 0. The molecule has 0 aliphatic rings. The smallest absolute Gasteiger partial charge is 0.0314 e. The van der Waals surface area contributed by atoms with Crippen LogP contribution in [0.25, 0.3) is 22.3 Å². The number of hydrogen-bond donors (Lipinski definition) is 1. The van der Waals surface area contributed by atoms with Crippen LogP contribution in [0.15, 0.2) is 72.8 Å². The first-order chi connectivity index (χ1) is 10.9. The molecule has 23 heavy (non-hydrogen) atoms. The summed E-state index contributed by atoms with van der Waals surface area (Å²) in [5.41, 5.74) is 13.0. The second-order valence-electron chi connectivity index (χ2n) is 7.00. The van der Waals surface area contributed by atoms with Gasteiger partial charge in [-0.25, -0.2) is 0 Å². The molecule has 2 N–H and O–H groups in total. The summed E-state index contributed by atoms with van der Waals surface area (Å²) in [7, 11) is 0. The maximum atomic E-state index is 5.83. The van der Waals surface area contributed by atoms with Crippen LogP contribution in [0.2, 0.25) is 0 Å². The van der Waals surface area contributed by atoms with Crippen molar-refractivity contribution in [2.24, 2.45) is 0 Å². The van der Waals surface area contributed by atoms with E-state index in [9.17, 15) is 0 Å². The number of nitrogen functional groups attached to an aromatic ring is 1. The van der Waals surface area contributed by atoms with E-state index in [4.69, 9.17) is 5.73 Å². The van der Waals surface area contributed by atoms with E-state index in [0.717, 1.165) is 5.69 Å². The highest BCUT2D eigenvalue weighted by atomic mass is 14.5. The molecule has 0 aliphatic heterocycles. The molecule has 0 saturated carbocycles. The third kappa shape index (κ3) is 3.29. The molecule has 0 unspecified atom stereocenters. The molecule has 0 aliphatic carbocycles. The standard InChI is InChI=1S/C22H23N/c1-22(2,3)21-15-18(16-7-5-4-6-8-16)11-14-20(21)17-9-12-19(23)13-10-17/h4-15H,23H2,1-3H3. The lowest BCUT2D eigenvalue weighted by molar-refractivity contribution is 0.592. The molecule has 0 amide bonds. The maximum Gasteiger partial charge on any atom is 0.0314 e. The van der Waals surface area contributed by atoms with Gasteiger partial charge in [0.2, 0.25) is 0 Å². The van der Waals surface area contributed by atoms with Crippen LogP contribution < -0.4 is 5.73 Å². The third-order valence-corrected chi connectivity index (χ3v) is 4.16. The molecule has 0 fully saturated rings. The van der Waals surface area contributed by atoms with Gasteiger partial charge in [0.25, 0.3) is 0 Å². The average molecular weight is 301 g/mol. The number of hydrogen-bond acceptors (Lipinski definition) is 1. The van der Waals surface area contributed by atoms with Crippen LogP contribution in [0.5, 0.6) is 0 Å². The fourth-order valence-electron chi connectivity index (χ4n) is 2.89. The molecular formula is C22H23N. The van der Waals surface area contributed by atoms with Crippen molar-refractivity contribution in [3.05, 3.63) is 78.4 Å². The Morgan fingerprint density at radius 3 is 1.87 bits per heavy atom. The normalized spacial score (nSPS) is 11.4. The van der Waals surface area contributed by atoms with Crippen molar-refractivity contribution < 1.29 is 0 Å². The average Bonchev–Trinajstić information content (AvgIpc) is 2.55. The molecule has 116 valence electrons. The largest absolute Gasteiger partial charge is 0.399 e. The van der Waals surface area contributed by atoms with Gasteiger partial charge in [0.1, 0.15) is 0 Å². The Hall–Kier alpha value is -2.54. The minimum atomic E-state index is 0.0709. The highest BCUT2D eigenvalue weighted by molar-refractivity contribution is 5.75. The van der Waals surface area contributed by atoms with Crippen molar-refractivity contribution in [3.63, 3.8) is 0 Å². The van der Waals surface area contributed by atoms with E-state index < -0.39 is 0 Å². The van der Waals surface area contributed by atoms with Gasteiger partial charge in [0, 0.05) is 5.69 Å². The lowest BCUT2D eigenvalue weighted by Gasteiger charge is -2.24. The second kappa shape index (κ2) is 5.92. The SMILES string of the molecule is CC(C)(C)c1cc(-c2ccccc2)ccc1-c1ccc(N)cc1. The summed E-state index contributed by atoms with van der Waals surface area (Å²) in [6.07, 6.45) is 0. The topological polar surface area (TPSA) is 26.0 Å². The molecule has 3 aromatic rings. The van der Waals surface area contributed by atoms with E-state index in [1.807, 2.05) is 12.1 Å². The molecule has 1 heteroatoms. The minimum absolute atomic E-state index is 0.0709. The van der Waals surface area contributed by atoms with Crippen molar-refractivity contribution in [3.8, 4) is 22.3 Å². The quantitative estimate of drug-likeness (QED) is 0.586. The van der Waals surface area contributed by atoms with Crippen LogP contribution >= 0.6 is 0 Å². The van der Waals surface area contributed by atoms with Crippen LogP contribution in [-0.4, -0.2) is 0 Å². The molecule has 0 heterocycles. The third-order valence-electron chi connectivity index (χ3n) is 4.16. The number of benzene rings is 3. The van der Waals surface area contributed by atoms with Gasteiger partial charge in [0.05, 0.1) is 0 Å². The zero-order chi connectivity index (χ0) is 16.4. The number of nitrogens with two attached hydrogens (primary N) is 1. The Morgan fingerprint density at radius 1 is 0.652 bits per heavy atom. The van der Waals surface area contributed by atoms with Crippen LogP contribution in [0.4, 0.5) is 5.69 Å². The van der Waals surface area contributed by atoms with Gasteiger partial charge in [0.15, 0.2) is 0 Å². The zero-order valence-corrected chi connectivity index (χ0v) is 14.0. The fraction of sp³-hybridized carbons (Fsp3) is 0.182.